The van der Waals surface area contributed by atoms with Crippen LogP contribution in [0.15, 0.2) is 42.5 Å². The quantitative estimate of drug-likeness (QED) is 0.406. The maximum Gasteiger partial charge on any atom is 0.247 e. The molecule has 2 amide bonds. The Labute approximate surface area is 223 Å². The molecule has 3 aromatic rings. The van der Waals surface area contributed by atoms with Gasteiger partial charge in [0.1, 0.15) is 18.3 Å². The van der Waals surface area contributed by atoms with Crippen LogP contribution in [-0.4, -0.2) is 69.8 Å². The Kier molecular flexibility index (Phi) is 9.27. The highest BCUT2D eigenvalue weighted by atomic mass is 16.5. The van der Waals surface area contributed by atoms with E-state index in [4.69, 9.17) is 14.2 Å². The molecule has 0 aliphatic carbocycles. The summed E-state index contributed by atoms with van der Waals surface area (Å²) in [6, 6.07) is 12.0. The summed E-state index contributed by atoms with van der Waals surface area (Å²) in [4.78, 5) is 29.6. The smallest absolute Gasteiger partial charge is 0.247 e. The third-order valence-corrected chi connectivity index (χ3v) is 5.77. The number of nitrogens with one attached hydrogen (secondary N) is 1. The molecule has 0 bridgehead atoms. The summed E-state index contributed by atoms with van der Waals surface area (Å²) in [5.74, 6) is 1.61. The monoisotopic (exact) mass is 524 g/mol. The summed E-state index contributed by atoms with van der Waals surface area (Å²) in [6.07, 6.45) is 0.436. The first kappa shape index (κ1) is 28.4. The van der Waals surface area contributed by atoms with E-state index in [2.05, 4.69) is 20.7 Å². The Bertz CT molecular complexity index is 1240. The summed E-state index contributed by atoms with van der Waals surface area (Å²) in [7, 11) is 4.69. The van der Waals surface area contributed by atoms with Crippen LogP contribution < -0.4 is 19.5 Å². The molecule has 1 aromatic heterocycles. The minimum Gasteiger partial charge on any atom is -0.497 e. The first-order valence-corrected chi connectivity index (χ1v) is 12.3. The van der Waals surface area contributed by atoms with Gasteiger partial charge in [0.05, 0.1) is 21.3 Å². The van der Waals surface area contributed by atoms with Crippen LogP contribution in [0, 0.1) is 0 Å². The lowest BCUT2D eigenvalue weighted by Gasteiger charge is -2.33. The molecule has 204 valence electrons. The van der Waals surface area contributed by atoms with Crippen molar-refractivity contribution in [3.05, 3.63) is 48.0 Å². The van der Waals surface area contributed by atoms with Crippen molar-refractivity contribution in [3.63, 3.8) is 0 Å². The summed E-state index contributed by atoms with van der Waals surface area (Å²) in [5, 5.41) is 15.6. The Balaban J connectivity index is 1.86. The van der Waals surface area contributed by atoms with Crippen LogP contribution in [-0.2, 0) is 22.7 Å². The van der Waals surface area contributed by atoms with E-state index in [-0.39, 0.29) is 24.9 Å². The predicted molar refractivity (Wildman–Crippen MR) is 142 cm³/mol. The second-order valence-corrected chi connectivity index (χ2v) is 9.75. The molecular weight excluding hydrogens is 488 g/mol. The van der Waals surface area contributed by atoms with E-state index >= 15 is 0 Å². The SMILES string of the molecule is CC[C@H](C(=O)NC(C)(C)C)N(Cc1ccc(OC)cc1)C(=O)Cn1nnc(-c2ccc(OC)c(OC)c2)n1. The molecule has 0 aliphatic rings. The molecule has 1 atom stereocenters. The number of aromatic nitrogens is 4. The van der Waals surface area contributed by atoms with Crippen molar-refractivity contribution in [2.45, 2.75) is 58.8 Å². The van der Waals surface area contributed by atoms with Crippen molar-refractivity contribution >= 4 is 11.8 Å². The normalized spacial score (nSPS) is 12.0. The molecule has 11 heteroatoms. The Morgan fingerprint density at radius 3 is 2.26 bits per heavy atom. The van der Waals surface area contributed by atoms with Gasteiger partial charge in [-0.05, 0) is 68.3 Å². The predicted octanol–water partition coefficient (Wildman–Crippen LogP) is 3.09. The molecule has 1 heterocycles. The molecule has 0 unspecified atom stereocenters. The van der Waals surface area contributed by atoms with Gasteiger partial charge >= 0.3 is 0 Å². The highest BCUT2D eigenvalue weighted by molar-refractivity contribution is 5.88. The van der Waals surface area contributed by atoms with Crippen LogP contribution in [0.3, 0.4) is 0 Å². The van der Waals surface area contributed by atoms with Gasteiger partial charge in [-0.1, -0.05) is 19.1 Å². The number of tetrazole rings is 1. The average Bonchev–Trinajstić information content (AvgIpc) is 3.35. The third-order valence-electron chi connectivity index (χ3n) is 5.77. The van der Waals surface area contributed by atoms with Crippen LogP contribution in [0.25, 0.3) is 11.4 Å². The van der Waals surface area contributed by atoms with Gasteiger partial charge in [-0.2, -0.15) is 4.80 Å². The largest absolute Gasteiger partial charge is 0.497 e. The molecular formula is C27H36N6O5. The van der Waals surface area contributed by atoms with Crippen molar-refractivity contribution < 1.29 is 23.8 Å². The van der Waals surface area contributed by atoms with Crippen molar-refractivity contribution in [2.24, 2.45) is 0 Å². The Hall–Kier alpha value is -4.15. The topological polar surface area (TPSA) is 121 Å². The second kappa shape index (κ2) is 12.4. The maximum atomic E-state index is 13.6. The van der Waals surface area contributed by atoms with Crippen molar-refractivity contribution in [3.8, 4) is 28.6 Å². The molecule has 0 spiro atoms. The minimum atomic E-state index is -0.683. The van der Waals surface area contributed by atoms with Gasteiger partial charge in [0.15, 0.2) is 11.5 Å². The zero-order valence-corrected chi connectivity index (χ0v) is 23.0. The van der Waals surface area contributed by atoms with Crippen molar-refractivity contribution in [2.75, 3.05) is 21.3 Å². The Morgan fingerprint density at radius 2 is 1.68 bits per heavy atom. The fraction of sp³-hybridized carbons (Fsp3) is 0.444. The third kappa shape index (κ3) is 7.21. The van der Waals surface area contributed by atoms with E-state index in [1.807, 2.05) is 52.0 Å². The lowest BCUT2D eigenvalue weighted by Crippen LogP contribution is -2.54. The summed E-state index contributed by atoms with van der Waals surface area (Å²) >= 11 is 0. The summed E-state index contributed by atoms with van der Waals surface area (Å²) in [6.45, 7) is 7.64. The summed E-state index contributed by atoms with van der Waals surface area (Å²) < 4.78 is 15.9. The first-order valence-electron chi connectivity index (χ1n) is 12.3. The van der Waals surface area contributed by atoms with E-state index in [9.17, 15) is 9.59 Å². The average molecular weight is 525 g/mol. The molecule has 0 fully saturated rings. The molecule has 0 radical (unpaired) electrons. The number of nitrogens with zero attached hydrogens (tertiary/aromatic N) is 5. The van der Waals surface area contributed by atoms with Crippen LogP contribution >= 0.6 is 0 Å². The van der Waals surface area contributed by atoms with Gasteiger partial charge in [0.2, 0.25) is 17.6 Å². The van der Waals surface area contributed by atoms with Crippen LogP contribution in [0.2, 0.25) is 0 Å². The van der Waals surface area contributed by atoms with Gasteiger partial charge in [-0.25, -0.2) is 0 Å². The first-order chi connectivity index (χ1) is 18.1. The molecule has 1 N–H and O–H groups in total. The number of carbonyl (C=O) groups excluding carboxylic acids is 2. The lowest BCUT2D eigenvalue weighted by atomic mass is 10.1. The van der Waals surface area contributed by atoms with Gasteiger partial charge in [-0.15, -0.1) is 10.2 Å². The van der Waals surface area contributed by atoms with Crippen LogP contribution in [0.1, 0.15) is 39.7 Å². The summed E-state index contributed by atoms with van der Waals surface area (Å²) in [5.41, 5.74) is 1.08. The second-order valence-electron chi connectivity index (χ2n) is 9.75. The van der Waals surface area contributed by atoms with E-state index in [1.54, 1.807) is 44.4 Å². The van der Waals surface area contributed by atoms with Crippen LogP contribution in [0.4, 0.5) is 0 Å². The number of benzene rings is 2. The fourth-order valence-electron chi connectivity index (χ4n) is 3.91. The molecule has 38 heavy (non-hydrogen) atoms. The number of hydrogen-bond donors (Lipinski definition) is 1. The number of ether oxygens (including phenoxy) is 3. The molecule has 0 saturated carbocycles. The Morgan fingerprint density at radius 1 is 1.00 bits per heavy atom. The van der Waals surface area contributed by atoms with E-state index in [0.29, 0.717) is 35.1 Å². The molecule has 11 nitrogen and oxygen atoms in total. The molecule has 2 aromatic carbocycles. The fourth-order valence-corrected chi connectivity index (χ4v) is 3.91. The van der Waals surface area contributed by atoms with Crippen molar-refractivity contribution in [1.29, 1.82) is 0 Å². The maximum absolute atomic E-state index is 13.6. The van der Waals surface area contributed by atoms with Crippen molar-refractivity contribution in [1.82, 2.24) is 30.4 Å². The van der Waals surface area contributed by atoms with Gasteiger partial charge in [0.25, 0.3) is 0 Å². The van der Waals surface area contributed by atoms with E-state index < -0.39 is 11.6 Å². The standard InChI is InChI=1S/C27H36N6O5/c1-8-21(26(35)28-27(2,3)4)32(16-18-9-12-20(36-5)13-10-18)24(34)17-33-30-25(29-31-33)19-11-14-22(37-6)23(15-19)38-7/h9-15,21H,8,16-17H2,1-7H3,(H,28,35)/t21-/m1/s1. The highest BCUT2D eigenvalue weighted by Gasteiger charge is 2.31. The van der Waals surface area contributed by atoms with Gasteiger partial charge in [-0.3, -0.25) is 9.59 Å². The molecule has 3 rings (SSSR count). The number of rotatable bonds is 11. The zero-order chi connectivity index (χ0) is 27.9. The van der Waals surface area contributed by atoms with E-state index in [1.165, 1.54) is 4.80 Å². The van der Waals surface area contributed by atoms with Gasteiger partial charge in [0, 0.05) is 17.6 Å². The minimum absolute atomic E-state index is 0.185. The van der Waals surface area contributed by atoms with Gasteiger partial charge < -0.3 is 24.4 Å². The number of methoxy groups -OCH3 is 3. The number of amides is 2. The highest BCUT2D eigenvalue weighted by Crippen LogP contribution is 2.30. The number of hydrogen-bond acceptors (Lipinski definition) is 8. The van der Waals surface area contributed by atoms with E-state index in [0.717, 1.165) is 5.56 Å². The van der Waals surface area contributed by atoms with Crippen LogP contribution in [0.5, 0.6) is 17.2 Å². The molecule has 0 saturated heterocycles. The number of carbonyl (C=O) groups is 2. The lowest BCUT2D eigenvalue weighted by molar-refractivity contribution is -0.142. The molecule has 0 aliphatic heterocycles. The zero-order valence-electron chi connectivity index (χ0n) is 23.0.